The van der Waals surface area contributed by atoms with E-state index in [9.17, 15) is 8.42 Å². The Morgan fingerprint density at radius 3 is 2.71 bits per heavy atom. The van der Waals surface area contributed by atoms with Crippen LogP contribution in [0.5, 0.6) is 0 Å². The van der Waals surface area contributed by atoms with Crippen molar-refractivity contribution in [3.63, 3.8) is 0 Å². The molecule has 5 heteroatoms. The molecule has 0 aliphatic carbocycles. The number of nitrogens with zero attached hydrogens (tertiary/aromatic N) is 1. The minimum absolute atomic E-state index is 0.203. The fraction of sp³-hybridized carbons (Fsp3) is 0.500. The van der Waals surface area contributed by atoms with E-state index in [1.807, 2.05) is 18.2 Å². The summed E-state index contributed by atoms with van der Waals surface area (Å²) in [7, 11) is -3.04. The first-order valence-corrected chi connectivity index (χ1v) is 7.44. The molecule has 92 valence electrons. The molecule has 0 saturated carbocycles. The quantitative estimate of drug-likeness (QED) is 0.830. The molecule has 0 aromatic heterocycles. The van der Waals surface area contributed by atoms with Crippen LogP contribution in [0.1, 0.15) is 5.56 Å². The van der Waals surface area contributed by atoms with Gasteiger partial charge in [-0.3, -0.25) is 4.90 Å². The molecule has 2 saturated heterocycles. The van der Waals surface area contributed by atoms with Gasteiger partial charge in [0.2, 0.25) is 10.0 Å². The van der Waals surface area contributed by atoms with Crippen LogP contribution in [0.15, 0.2) is 30.3 Å². The van der Waals surface area contributed by atoms with Crippen LogP contribution >= 0.6 is 0 Å². The molecule has 2 heterocycles. The highest BCUT2D eigenvalue weighted by Gasteiger charge is 2.45. The molecule has 0 bridgehead atoms. The van der Waals surface area contributed by atoms with Gasteiger partial charge in [0.1, 0.15) is 0 Å². The van der Waals surface area contributed by atoms with Crippen LogP contribution in [-0.2, 0) is 16.6 Å². The first kappa shape index (κ1) is 11.2. The van der Waals surface area contributed by atoms with Gasteiger partial charge in [-0.25, -0.2) is 13.1 Å². The molecule has 4 nitrogen and oxygen atoms in total. The topological polar surface area (TPSA) is 49.4 Å². The van der Waals surface area contributed by atoms with E-state index in [0.717, 1.165) is 13.1 Å². The normalized spacial score (nSPS) is 31.5. The summed E-state index contributed by atoms with van der Waals surface area (Å²) < 4.78 is 26.0. The van der Waals surface area contributed by atoms with Crippen LogP contribution in [-0.4, -0.2) is 38.2 Å². The molecule has 2 aliphatic rings. The Morgan fingerprint density at radius 2 is 2.00 bits per heavy atom. The Morgan fingerprint density at radius 1 is 1.24 bits per heavy atom. The van der Waals surface area contributed by atoms with Crippen LogP contribution < -0.4 is 4.72 Å². The van der Waals surface area contributed by atoms with E-state index in [4.69, 9.17) is 0 Å². The van der Waals surface area contributed by atoms with E-state index in [2.05, 4.69) is 21.8 Å². The maximum absolute atomic E-state index is 11.7. The third-order valence-electron chi connectivity index (χ3n) is 3.65. The Hall–Kier alpha value is -0.910. The molecule has 1 aromatic rings. The van der Waals surface area contributed by atoms with Crippen LogP contribution in [0.25, 0.3) is 0 Å². The highest BCUT2D eigenvalue weighted by atomic mass is 32.2. The minimum Gasteiger partial charge on any atom is -0.297 e. The number of nitrogens with one attached hydrogen (secondary N) is 1. The smallest absolute Gasteiger partial charge is 0.216 e. The standard InChI is InChI=1S/C12H16N2O2S/c15-17(16)12-9-14(8-11(12)6-13-17)7-10-4-2-1-3-5-10/h1-5,11-13H,6-9H2. The van der Waals surface area contributed by atoms with E-state index < -0.39 is 10.0 Å². The summed E-state index contributed by atoms with van der Waals surface area (Å²) >= 11 is 0. The van der Waals surface area contributed by atoms with Crippen molar-refractivity contribution in [2.45, 2.75) is 11.8 Å². The fourth-order valence-corrected chi connectivity index (χ4v) is 4.53. The van der Waals surface area contributed by atoms with E-state index in [0.29, 0.717) is 13.1 Å². The maximum atomic E-state index is 11.7. The number of hydrogen-bond acceptors (Lipinski definition) is 3. The lowest BCUT2D eigenvalue weighted by Crippen LogP contribution is -2.30. The monoisotopic (exact) mass is 252 g/mol. The summed E-state index contributed by atoms with van der Waals surface area (Å²) in [4.78, 5) is 2.24. The van der Waals surface area contributed by atoms with Gasteiger partial charge in [0.25, 0.3) is 0 Å². The lowest BCUT2D eigenvalue weighted by Gasteiger charge is -2.16. The zero-order valence-electron chi connectivity index (χ0n) is 9.54. The molecule has 1 N–H and O–H groups in total. The van der Waals surface area contributed by atoms with Crippen LogP contribution in [0.2, 0.25) is 0 Å². The lowest BCUT2D eigenvalue weighted by molar-refractivity contribution is 0.315. The molecule has 2 unspecified atom stereocenters. The van der Waals surface area contributed by atoms with E-state index in [-0.39, 0.29) is 11.2 Å². The summed E-state index contributed by atoms with van der Waals surface area (Å²) in [5.74, 6) is 0.267. The van der Waals surface area contributed by atoms with Gasteiger partial charge in [0, 0.05) is 32.1 Å². The Kier molecular flexibility index (Phi) is 2.69. The Labute approximate surface area is 102 Å². The molecule has 0 amide bonds. The zero-order chi connectivity index (χ0) is 11.9. The van der Waals surface area contributed by atoms with Crippen LogP contribution in [0, 0.1) is 5.92 Å². The molecule has 0 spiro atoms. The van der Waals surface area contributed by atoms with Gasteiger partial charge in [-0.05, 0) is 5.56 Å². The second kappa shape index (κ2) is 4.08. The fourth-order valence-electron chi connectivity index (χ4n) is 2.78. The number of rotatable bonds is 2. The number of likely N-dealkylation sites (tertiary alicyclic amines) is 1. The van der Waals surface area contributed by atoms with Gasteiger partial charge < -0.3 is 0 Å². The SMILES string of the molecule is O=S1(=O)NCC2CN(Cc3ccccc3)CC21. The minimum atomic E-state index is -3.04. The van der Waals surface area contributed by atoms with Crippen LogP contribution in [0.4, 0.5) is 0 Å². The number of sulfonamides is 1. The summed E-state index contributed by atoms with van der Waals surface area (Å²) in [6.45, 7) is 3.00. The molecule has 2 atom stereocenters. The zero-order valence-corrected chi connectivity index (χ0v) is 10.4. The molecule has 2 aliphatic heterocycles. The second-order valence-electron chi connectivity index (χ2n) is 4.87. The number of hydrogen-bond donors (Lipinski definition) is 1. The highest BCUT2D eigenvalue weighted by molar-refractivity contribution is 7.90. The van der Waals surface area contributed by atoms with Crippen molar-refractivity contribution in [2.24, 2.45) is 5.92 Å². The van der Waals surface area contributed by atoms with Crippen molar-refractivity contribution in [1.29, 1.82) is 0 Å². The predicted molar refractivity (Wildman–Crippen MR) is 65.9 cm³/mol. The Bertz CT molecular complexity index is 500. The molecule has 1 aromatic carbocycles. The molecular weight excluding hydrogens is 236 g/mol. The molecule has 0 radical (unpaired) electrons. The van der Waals surface area contributed by atoms with E-state index >= 15 is 0 Å². The number of fused-ring (bicyclic) bond motifs is 1. The third kappa shape index (κ3) is 2.10. The van der Waals surface area contributed by atoms with Gasteiger partial charge in [0.15, 0.2) is 0 Å². The van der Waals surface area contributed by atoms with Gasteiger partial charge in [-0.15, -0.1) is 0 Å². The third-order valence-corrected chi connectivity index (χ3v) is 5.55. The van der Waals surface area contributed by atoms with Crippen molar-refractivity contribution in [3.05, 3.63) is 35.9 Å². The second-order valence-corrected chi connectivity index (χ2v) is 6.86. The molecule has 2 fully saturated rings. The van der Waals surface area contributed by atoms with Gasteiger partial charge in [0.05, 0.1) is 5.25 Å². The summed E-state index contributed by atoms with van der Waals surface area (Å²) in [6, 6.07) is 10.2. The van der Waals surface area contributed by atoms with E-state index in [1.165, 1.54) is 5.56 Å². The van der Waals surface area contributed by atoms with Crippen molar-refractivity contribution in [2.75, 3.05) is 19.6 Å². The Balaban J connectivity index is 1.70. The molecule has 3 rings (SSSR count). The summed E-state index contributed by atoms with van der Waals surface area (Å²) in [5, 5.41) is -0.203. The van der Waals surface area contributed by atoms with Crippen molar-refractivity contribution >= 4 is 10.0 Å². The van der Waals surface area contributed by atoms with Crippen molar-refractivity contribution in [3.8, 4) is 0 Å². The van der Waals surface area contributed by atoms with Gasteiger partial charge in [-0.1, -0.05) is 30.3 Å². The predicted octanol–water partition coefficient (Wildman–Crippen LogP) is 0.420. The van der Waals surface area contributed by atoms with Crippen molar-refractivity contribution < 1.29 is 8.42 Å². The largest absolute Gasteiger partial charge is 0.297 e. The van der Waals surface area contributed by atoms with Gasteiger partial charge in [-0.2, -0.15) is 0 Å². The first-order valence-electron chi connectivity index (χ1n) is 5.90. The summed E-state index contributed by atoms with van der Waals surface area (Å²) in [6.07, 6.45) is 0. The molecular formula is C12H16N2O2S. The average Bonchev–Trinajstić information content (AvgIpc) is 2.82. The lowest BCUT2D eigenvalue weighted by atomic mass is 10.1. The average molecular weight is 252 g/mol. The maximum Gasteiger partial charge on any atom is 0.216 e. The van der Waals surface area contributed by atoms with Crippen LogP contribution in [0.3, 0.4) is 0 Å². The number of benzene rings is 1. The molecule has 17 heavy (non-hydrogen) atoms. The summed E-state index contributed by atoms with van der Waals surface area (Å²) in [5.41, 5.74) is 1.25. The first-order chi connectivity index (χ1) is 8.15. The van der Waals surface area contributed by atoms with Gasteiger partial charge >= 0.3 is 0 Å². The van der Waals surface area contributed by atoms with Crippen molar-refractivity contribution in [1.82, 2.24) is 9.62 Å². The van der Waals surface area contributed by atoms with E-state index in [1.54, 1.807) is 0 Å². The highest BCUT2D eigenvalue weighted by Crippen LogP contribution is 2.28.